The maximum Gasteiger partial charge on any atom is 0.322 e. The molecule has 0 saturated carbocycles. The zero-order chi connectivity index (χ0) is 15.9. The average molecular weight is 325 g/mol. The Morgan fingerprint density at radius 2 is 2.00 bits per heavy atom. The van der Waals surface area contributed by atoms with Gasteiger partial charge in [-0.3, -0.25) is 9.69 Å². The van der Waals surface area contributed by atoms with Crippen LogP contribution in [0.1, 0.15) is 31.7 Å². The molecule has 0 unspecified atom stereocenters. The van der Waals surface area contributed by atoms with Crippen molar-refractivity contribution in [1.82, 2.24) is 10.2 Å². The predicted molar refractivity (Wildman–Crippen MR) is 89.0 cm³/mol. The van der Waals surface area contributed by atoms with E-state index >= 15 is 0 Å². The van der Waals surface area contributed by atoms with Gasteiger partial charge in [0.1, 0.15) is 6.04 Å². The van der Waals surface area contributed by atoms with Crippen molar-refractivity contribution in [3.8, 4) is 0 Å². The van der Waals surface area contributed by atoms with E-state index < -0.39 is 0 Å². The minimum Gasteiger partial charge on any atom is -0.468 e. The van der Waals surface area contributed by atoms with E-state index in [0.29, 0.717) is 6.04 Å². The summed E-state index contributed by atoms with van der Waals surface area (Å²) < 4.78 is 4.83. The van der Waals surface area contributed by atoms with Gasteiger partial charge >= 0.3 is 5.97 Å². The molecule has 1 aliphatic rings. The molecule has 0 bridgehead atoms. The average Bonchev–Trinajstić information content (AvgIpc) is 2.55. The molecule has 1 aromatic carbocycles. The number of carbonyl (C=O) groups excluding carboxylic acids is 1. The van der Waals surface area contributed by atoms with Gasteiger partial charge in [0, 0.05) is 17.6 Å². The first kappa shape index (κ1) is 17.3. The summed E-state index contributed by atoms with van der Waals surface area (Å²) in [6, 6.07) is 8.25. The van der Waals surface area contributed by atoms with Crippen LogP contribution in [0.25, 0.3) is 0 Å². The fraction of sp³-hybridized carbons (Fsp3) is 0.588. The molecule has 1 saturated heterocycles. The second kappa shape index (κ2) is 8.51. The smallest absolute Gasteiger partial charge is 0.322 e. The Balaban J connectivity index is 1.77. The molecule has 22 heavy (non-hydrogen) atoms. The van der Waals surface area contributed by atoms with E-state index in [1.807, 2.05) is 19.1 Å². The highest BCUT2D eigenvalue weighted by atomic mass is 35.5. The third-order valence-corrected chi connectivity index (χ3v) is 4.49. The third kappa shape index (κ3) is 4.97. The summed E-state index contributed by atoms with van der Waals surface area (Å²) in [5, 5.41) is 4.21. The number of esters is 1. The third-order valence-electron chi connectivity index (χ3n) is 4.24. The molecule has 4 nitrogen and oxygen atoms in total. The summed E-state index contributed by atoms with van der Waals surface area (Å²) in [5.74, 6) is -0.161. The fourth-order valence-electron chi connectivity index (χ4n) is 2.89. The first-order valence-corrected chi connectivity index (χ1v) is 8.30. The SMILES string of the molecule is CC[C@@H](NC1CCN(Cc2ccc(Cl)cc2)CC1)C(=O)OC. The number of nitrogens with one attached hydrogen (secondary N) is 1. The molecule has 2 rings (SSSR count). The van der Waals surface area contributed by atoms with Gasteiger partial charge in [-0.25, -0.2) is 0 Å². The van der Waals surface area contributed by atoms with E-state index in [1.165, 1.54) is 12.7 Å². The summed E-state index contributed by atoms with van der Waals surface area (Å²) in [6.07, 6.45) is 2.87. The van der Waals surface area contributed by atoms with Gasteiger partial charge in [-0.15, -0.1) is 0 Å². The molecular weight excluding hydrogens is 300 g/mol. The lowest BCUT2D eigenvalue weighted by Gasteiger charge is -2.34. The van der Waals surface area contributed by atoms with E-state index in [-0.39, 0.29) is 12.0 Å². The molecule has 122 valence electrons. The van der Waals surface area contributed by atoms with Crippen molar-refractivity contribution < 1.29 is 9.53 Å². The second-order valence-corrected chi connectivity index (χ2v) is 6.26. The molecule has 0 aliphatic carbocycles. The van der Waals surface area contributed by atoms with E-state index in [0.717, 1.165) is 43.9 Å². The topological polar surface area (TPSA) is 41.6 Å². The minimum atomic E-state index is -0.183. The lowest BCUT2D eigenvalue weighted by molar-refractivity contribution is -0.143. The Labute approximate surface area is 137 Å². The van der Waals surface area contributed by atoms with Gasteiger partial charge in [0.2, 0.25) is 0 Å². The summed E-state index contributed by atoms with van der Waals surface area (Å²) in [7, 11) is 1.45. The Morgan fingerprint density at radius 3 is 2.55 bits per heavy atom. The number of rotatable bonds is 6. The van der Waals surface area contributed by atoms with Crippen LogP contribution >= 0.6 is 11.6 Å². The highest BCUT2D eigenvalue weighted by molar-refractivity contribution is 6.30. The van der Waals surface area contributed by atoms with Gasteiger partial charge < -0.3 is 10.1 Å². The summed E-state index contributed by atoms with van der Waals surface area (Å²) in [6.45, 7) is 5.04. The monoisotopic (exact) mass is 324 g/mol. The molecule has 0 amide bonds. The minimum absolute atomic E-state index is 0.161. The Morgan fingerprint density at radius 1 is 1.36 bits per heavy atom. The highest BCUT2D eigenvalue weighted by Crippen LogP contribution is 2.16. The first-order valence-electron chi connectivity index (χ1n) is 7.93. The van der Waals surface area contributed by atoms with Crippen LogP contribution in [0.3, 0.4) is 0 Å². The van der Waals surface area contributed by atoms with Crippen LogP contribution in [0.2, 0.25) is 5.02 Å². The van der Waals surface area contributed by atoms with Crippen molar-refractivity contribution >= 4 is 17.6 Å². The lowest BCUT2D eigenvalue weighted by atomic mass is 10.0. The van der Waals surface area contributed by atoms with Crippen LogP contribution in [0, 0.1) is 0 Å². The molecule has 1 fully saturated rings. The van der Waals surface area contributed by atoms with Crippen molar-refractivity contribution in [2.75, 3.05) is 20.2 Å². The van der Waals surface area contributed by atoms with E-state index in [2.05, 4.69) is 22.3 Å². The number of benzene rings is 1. The van der Waals surface area contributed by atoms with Crippen LogP contribution < -0.4 is 5.32 Å². The van der Waals surface area contributed by atoms with Crippen molar-refractivity contribution in [3.63, 3.8) is 0 Å². The molecular formula is C17H25ClN2O2. The number of nitrogens with zero attached hydrogens (tertiary/aromatic N) is 1. The van der Waals surface area contributed by atoms with Crippen LogP contribution in [0.4, 0.5) is 0 Å². The van der Waals surface area contributed by atoms with Gasteiger partial charge in [-0.2, -0.15) is 0 Å². The maximum absolute atomic E-state index is 11.6. The van der Waals surface area contributed by atoms with Gasteiger partial charge in [-0.05, 0) is 50.0 Å². The maximum atomic E-state index is 11.6. The molecule has 1 atom stereocenters. The first-order chi connectivity index (χ1) is 10.6. The largest absolute Gasteiger partial charge is 0.468 e. The molecule has 5 heteroatoms. The van der Waals surface area contributed by atoms with E-state index in [4.69, 9.17) is 16.3 Å². The number of halogens is 1. The van der Waals surface area contributed by atoms with Crippen LogP contribution in [0.5, 0.6) is 0 Å². The Bertz CT molecular complexity index is 470. The second-order valence-electron chi connectivity index (χ2n) is 5.83. The summed E-state index contributed by atoms with van der Waals surface area (Å²) in [4.78, 5) is 14.1. The number of ether oxygens (including phenoxy) is 1. The number of hydrogen-bond acceptors (Lipinski definition) is 4. The molecule has 1 aromatic rings. The van der Waals surface area contributed by atoms with Crippen molar-refractivity contribution in [1.29, 1.82) is 0 Å². The van der Waals surface area contributed by atoms with E-state index in [9.17, 15) is 4.79 Å². The standard InChI is InChI=1S/C17H25ClN2O2/c1-3-16(17(21)22-2)19-15-8-10-20(11-9-15)12-13-4-6-14(18)7-5-13/h4-7,15-16,19H,3,8-12H2,1-2H3/t16-/m1/s1. The lowest BCUT2D eigenvalue weighted by Crippen LogP contribution is -2.48. The zero-order valence-corrected chi connectivity index (χ0v) is 14.1. The molecule has 1 aliphatic heterocycles. The normalized spacial score (nSPS) is 18.1. The number of hydrogen-bond donors (Lipinski definition) is 1. The molecule has 0 aromatic heterocycles. The number of likely N-dealkylation sites (tertiary alicyclic amines) is 1. The Hall–Kier alpha value is -1.10. The van der Waals surface area contributed by atoms with Crippen molar-refractivity contribution in [2.24, 2.45) is 0 Å². The van der Waals surface area contributed by atoms with Crippen molar-refractivity contribution in [3.05, 3.63) is 34.9 Å². The van der Waals surface area contributed by atoms with Gasteiger partial charge in [0.25, 0.3) is 0 Å². The molecule has 1 heterocycles. The zero-order valence-electron chi connectivity index (χ0n) is 13.3. The predicted octanol–water partition coefficient (Wildman–Crippen LogP) is 2.85. The number of piperidine rings is 1. The van der Waals surface area contributed by atoms with Gasteiger partial charge in [0.05, 0.1) is 7.11 Å². The highest BCUT2D eigenvalue weighted by Gasteiger charge is 2.24. The van der Waals surface area contributed by atoms with E-state index in [1.54, 1.807) is 0 Å². The molecule has 0 radical (unpaired) electrons. The molecule has 0 spiro atoms. The fourth-order valence-corrected chi connectivity index (χ4v) is 3.01. The quantitative estimate of drug-likeness (QED) is 0.817. The van der Waals surface area contributed by atoms with Crippen LogP contribution in [-0.4, -0.2) is 43.2 Å². The number of methoxy groups -OCH3 is 1. The molecule has 1 N–H and O–H groups in total. The van der Waals surface area contributed by atoms with Gasteiger partial charge in [-0.1, -0.05) is 30.7 Å². The summed E-state index contributed by atoms with van der Waals surface area (Å²) >= 11 is 5.91. The number of carbonyl (C=O) groups is 1. The Kier molecular flexibility index (Phi) is 6.68. The van der Waals surface area contributed by atoms with Crippen LogP contribution in [-0.2, 0) is 16.1 Å². The summed E-state index contributed by atoms with van der Waals surface area (Å²) in [5.41, 5.74) is 1.29. The van der Waals surface area contributed by atoms with Gasteiger partial charge in [0.15, 0.2) is 0 Å². The van der Waals surface area contributed by atoms with Crippen LogP contribution in [0.15, 0.2) is 24.3 Å². The van der Waals surface area contributed by atoms with Crippen molar-refractivity contribution in [2.45, 2.75) is 44.8 Å².